The van der Waals surface area contributed by atoms with Crippen LogP contribution >= 0.6 is 27.5 Å². The van der Waals surface area contributed by atoms with E-state index in [2.05, 4.69) is 37.9 Å². The minimum absolute atomic E-state index is 0.296. The number of rotatable bonds is 5. The molecule has 0 unspecified atom stereocenters. The number of esters is 1. The third-order valence-corrected chi connectivity index (χ3v) is 4.25. The molecule has 23 heavy (non-hydrogen) atoms. The van der Waals surface area contributed by atoms with Gasteiger partial charge in [-0.3, -0.25) is 0 Å². The highest BCUT2D eigenvalue weighted by Gasteiger charge is 2.19. The summed E-state index contributed by atoms with van der Waals surface area (Å²) in [7, 11) is 0. The minimum Gasteiger partial charge on any atom is -0.456 e. The van der Waals surface area contributed by atoms with Crippen molar-refractivity contribution in [2.75, 3.05) is 6.61 Å². The fourth-order valence-electron chi connectivity index (χ4n) is 2.34. The summed E-state index contributed by atoms with van der Waals surface area (Å²) in [6.07, 6.45) is 3.29. The Morgan fingerprint density at radius 2 is 1.83 bits per heavy atom. The highest BCUT2D eigenvalue weighted by Crippen LogP contribution is 2.20. The molecule has 0 radical (unpaired) electrons. The van der Waals surface area contributed by atoms with Gasteiger partial charge in [0.15, 0.2) is 0 Å². The number of nitrogens with zero attached hydrogens (tertiary/aromatic N) is 2. The second-order valence-electron chi connectivity index (χ2n) is 5.22. The predicted molar refractivity (Wildman–Crippen MR) is 91.7 cm³/mol. The van der Waals surface area contributed by atoms with Crippen LogP contribution in [-0.2, 0) is 22.6 Å². The third kappa shape index (κ3) is 4.33. The van der Waals surface area contributed by atoms with E-state index in [4.69, 9.17) is 16.3 Å². The van der Waals surface area contributed by atoms with Gasteiger partial charge in [-0.05, 0) is 29.3 Å². The van der Waals surface area contributed by atoms with Crippen molar-refractivity contribution in [2.45, 2.75) is 13.1 Å². The number of pyridine rings is 1. The van der Waals surface area contributed by atoms with Crippen molar-refractivity contribution in [1.29, 1.82) is 0 Å². The summed E-state index contributed by atoms with van der Waals surface area (Å²) in [6, 6.07) is 11.8. The molecule has 3 rings (SSSR count). The Balaban J connectivity index is 1.81. The van der Waals surface area contributed by atoms with Gasteiger partial charge in [-0.15, -0.1) is 0 Å². The Morgan fingerprint density at radius 1 is 1.13 bits per heavy atom. The number of benzene rings is 1. The lowest BCUT2D eigenvalue weighted by molar-refractivity contribution is -0.135. The van der Waals surface area contributed by atoms with E-state index in [1.807, 2.05) is 18.2 Å². The maximum absolute atomic E-state index is 11.4. The predicted octanol–water partition coefficient (Wildman–Crippen LogP) is 3.94. The van der Waals surface area contributed by atoms with Crippen LogP contribution in [0.2, 0.25) is 5.15 Å². The van der Waals surface area contributed by atoms with Gasteiger partial charge in [-0.25, -0.2) is 9.78 Å². The maximum Gasteiger partial charge on any atom is 0.333 e. The lowest BCUT2D eigenvalue weighted by Gasteiger charge is -2.25. The molecular weight excluding hydrogens is 380 g/mol. The first-order chi connectivity index (χ1) is 11.1. The number of aromatic nitrogens is 1. The van der Waals surface area contributed by atoms with E-state index in [1.54, 1.807) is 18.3 Å². The molecule has 6 heteroatoms. The molecular formula is C17H14BrClN2O2. The molecule has 2 heterocycles. The fourth-order valence-corrected chi connectivity index (χ4v) is 2.71. The van der Waals surface area contributed by atoms with Crippen LogP contribution in [0.1, 0.15) is 11.1 Å². The molecule has 0 atom stereocenters. The number of carbonyl (C=O) groups is 1. The molecule has 1 aliphatic rings. The first-order valence-electron chi connectivity index (χ1n) is 7.07. The van der Waals surface area contributed by atoms with Gasteiger partial charge in [0.25, 0.3) is 0 Å². The van der Waals surface area contributed by atoms with E-state index in [-0.39, 0.29) is 5.97 Å². The van der Waals surface area contributed by atoms with Gasteiger partial charge in [0.2, 0.25) is 0 Å². The molecule has 2 aromatic rings. The molecule has 0 saturated carbocycles. The smallest absolute Gasteiger partial charge is 0.333 e. The Bertz CT molecular complexity index is 682. The van der Waals surface area contributed by atoms with Gasteiger partial charge in [-0.2, -0.15) is 0 Å². The van der Waals surface area contributed by atoms with Crippen molar-refractivity contribution in [3.63, 3.8) is 0 Å². The van der Waals surface area contributed by atoms with Gasteiger partial charge in [0.05, 0.1) is 5.70 Å². The van der Waals surface area contributed by atoms with E-state index in [0.29, 0.717) is 24.8 Å². The summed E-state index contributed by atoms with van der Waals surface area (Å²) in [5.41, 5.74) is 3.04. The first-order valence-corrected chi connectivity index (χ1v) is 8.24. The van der Waals surface area contributed by atoms with Gasteiger partial charge in [-0.1, -0.05) is 45.7 Å². The molecule has 1 aromatic carbocycles. The zero-order chi connectivity index (χ0) is 16.2. The van der Waals surface area contributed by atoms with Crippen molar-refractivity contribution in [2.24, 2.45) is 0 Å². The topological polar surface area (TPSA) is 42.4 Å². The van der Waals surface area contributed by atoms with E-state index in [9.17, 15) is 4.79 Å². The summed E-state index contributed by atoms with van der Waals surface area (Å²) in [4.78, 5) is 17.6. The van der Waals surface area contributed by atoms with Crippen molar-refractivity contribution >= 4 is 33.5 Å². The van der Waals surface area contributed by atoms with Gasteiger partial charge in [0, 0.05) is 29.8 Å². The van der Waals surface area contributed by atoms with Crippen molar-refractivity contribution in [3.8, 4) is 0 Å². The Labute approximate surface area is 147 Å². The van der Waals surface area contributed by atoms with E-state index >= 15 is 0 Å². The zero-order valence-electron chi connectivity index (χ0n) is 12.2. The van der Waals surface area contributed by atoms with Crippen molar-refractivity contribution in [1.82, 2.24) is 9.88 Å². The largest absolute Gasteiger partial charge is 0.456 e. The van der Waals surface area contributed by atoms with Gasteiger partial charge in [0.1, 0.15) is 11.8 Å². The van der Waals surface area contributed by atoms with Crippen molar-refractivity contribution < 1.29 is 9.53 Å². The van der Waals surface area contributed by atoms with Gasteiger partial charge < -0.3 is 9.64 Å². The number of halogens is 2. The summed E-state index contributed by atoms with van der Waals surface area (Å²) in [5, 5.41) is 0.465. The quantitative estimate of drug-likeness (QED) is 0.570. The summed E-state index contributed by atoms with van der Waals surface area (Å²) in [5.74, 6) is -0.296. The first kappa shape index (κ1) is 16.0. The normalized spacial score (nSPS) is 13.7. The summed E-state index contributed by atoms with van der Waals surface area (Å²) >= 11 is 9.27. The molecule has 0 saturated heterocycles. The molecule has 0 aliphatic carbocycles. The molecule has 0 spiro atoms. The standard InChI is InChI=1S/C17H14BrClN2O2/c18-14-4-1-12(2-5-14)9-21(15-7-17(22)23-11-15)10-13-3-6-16(19)20-8-13/h1-8H,9-11H2. The van der Waals surface area contributed by atoms with Gasteiger partial charge >= 0.3 is 5.97 Å². The SMILES string of the molecule is O=C1C=C(N(Cc2ccc(Br)cc2)Cc2ccc(Cl)nc2)CO1. The van der Waals surface area contributed by atoms with E-state index in [1.165, 1.54) is 0 Å². The van der Waals surface area contributed by atoms with Crippen LogP contribution in [0, 0.1) is 0 Å². The molecule has 118 valence electrons. The van der Waals surface area contributed by atoms with Crippen LogP contribution in [0.5, 0.6) is 0 Å². The van der Waals surface area contributed by atoms with Crippen LogP contribution in [0.25, 0.3) is 0 Å². The molecule has 0 bridgehead atoms. The lowest BCUT2D eigenvalue weighted by Crippen LogP contribution is -2.23. The number of carbonyl (C=O) groups excluding carboxylic acids is 1. The molecule has 4 nitrogen and oxygen atoms in total. The minimum atomic E-state index is -0.296. The summed E-state index contributed by atoms with van der Waals surface area (Å²) < 4.78 is 6.08. The second kappa shape index (κ2) is 7.15. The molecule has 1 aliphatic heterocycles. The van der Waals surface area contributed by atoms with E-state index < -0.39 is 0 Å². The molecule has 1 aromatic heterocycles. The highest BCUT2D eigenvalue weighted by atomic mass is 79.9. The van der Waals surface area contributed by atoms with Crippen LogP contribution in [0.3, 0.4) is 0 Å². The average molecular weight is 394 g/mol. The zero-order valence-corrected chi connectivity index (χ0v) is 14.5. The Kier molecular flexibility index (Phi) is 4.98. The molecule has 0 N–H and O–H groups in total. The number of ether oxygens (including phenoxy) is 1. The monoisotopic (exact) mass is 392 g/mol. The molecule has 0 fully saturated rings. The number of cyclic esters (lactones) is 1. The maximum atomic E-state index is 11.4. The molecule has 0 amide bonds. The fraction of sp³-hybridized carbons (Fsp3) is 0.176. The van der Waals surface area contributed by atoms with Crippen LogP contribution in [-0.4, -0.2) is 22.5 Å². The summed E-state index contributed by atoms with van der Waals surface area (Å²) in [6.45, 7) is 1.61. The van der Waals surface area contributed by atoms with Crippen molar-refractivity contribution in [3.05, 3.63) is 75.1 Å². The third-order valence-electron chi connectivity index (χ3n) is 3.50. The van der Waals surface area contributed by atoms with Crippen LogP contribution in [0.15, 0.2) is 58.8 Å². The van der Waals surface area contributed by atoms with Crippen LogP contribution < -0.4 is 0 Å². The Hall–Kier alpha value is -1.85. The van der Waals surface area contributed by atoms with Crippen LogP contribution in [0.4, 0.5) is 0 Å². The highest BCUT2D eigenvalue weighted by molar-refractivity contribution is 9.10. The lowest BCUT2D eigenvalue weighted by atomic mass is 10.2. The average Bonchev–Trinajstić information content (AvgIpc) is 2.97. The Morgan fingerprint density at radius 3 is 2.43 bits per heavy atom. The second-order valence-corrected chi connectivity index (χ2v) is 6.52. The number of hydrogen-bond acceptors (Lipinski definition) is 4. The van der Waals surface area contributed by atoms with E-state index in [0.717, 1.165) is 21.3 Å². The number of hydrogen-bond donors (Lipinski definition) is 0.